The molecule has 6 heteroatoms. The van der Waals surface area contributed by atoms with Crippen LogP contribution in [0.2, 0.25) is 5.02 Å². The summed E-state index contributed by atoms with van der Waals surface area (Å²) in [6, 6.07) is 0.785. The lowest BCUT2D eigenvalue weighted by Gasteiger charge is -2.29. The van der Waals surface area contributed by atoms with E-state index in [1.54, 1.807) is 13.3 Å². The fourth-order valence-electron chi connectivity index (χ4n) is 2.23. The lowest BCUT2D eigenvalue weighted by atomic mass is 9.95. The molecule has 1 aromatic heterocycles. The third-order valence-corrected chi connectivity index (χ3v) is 4.58. The number of hydrogen-bond acceptors (Lipinski definition) is 5. The van der Waals surface area contributed by atoms with E-state index < -0.39 is 0 Å². The molecular weight excluding hydrogens is 270 g/mol. The molecule has 0 saturated heterocycles. The Morgan fingerprint density at radius 2 is 2.33 bits per heavy atom. The van der Waals surface area contributed by atoms with E-state index in [4.69, 9.17) is 16.3 Å². The molecule has 1 aliphatic carbocycles. The van der Waals surface area contributed by atoms with Crippen molar-refractivity contribution in [3.63, 3.8) is 0 Å². The lowest BCUT2D eigenvalue weighted by molar-refractivity contribution is 0.380. The number of ether oxygens (including phenoxy) is 1. The molecule has 0 amide bonds. The van der Waals surface area contributed by atoms with Gasteiger partial charge in [0, 0.05) is 11.3 Å². The van der Waals surface area contributed by atoms with Gasteiger partial charge in [-0.15, -0.1) is 0 Å². The normalized spacial score (nSPS) is 23.7. The Bertz CT molecular complexity index is 405. The van der Waals surface area contributed by atoms with Crippen LogP contribution in [0.15, 0.2) is 6.20 Å². The molecular formula is C12H18ClN3OS. The fourth-order valence-corrected chi connectivity index (χ4v) is 3.21. The average molecular weight is 288 g/mol. The molecule has 0 spiro atoms. The molecule has 2 atom stereocenters. The fraction of sp³-hybridized carbons (Fsp3) is 0.667. The van der Waals surface area contributed by atoms with E-state index in [0.29, 0.717) is 22.9 Å². The highest BCUT2D eigenvalue weighted by Gasteiger charge is 2.22. The topological polar surface area (TPSA) is 47.0 Å². The predicted molar refractivity (Wildman–Crippen MR) is 76.8 cm³/mol. The van der Waals surface area contributed by atoms with Gasteiger partial charge in [0.1, 0.15) is 5.02 Å². The second-order valence-electron chi connectivity index (χ2n) is 4.42. The quantitative estimate of drug-likeness (QED) is 0.921. The van der Waals surface area contributed by atoms with Crippen molar-refractivity contribution in [3.05, 3.63) is 11.2 Å². The van der Waals surface area contributed by atoms with Gasteiger partial charge in [-0.25, -0.2) is 4.98 Å². The first-order valence-electron chi connectivity index (χ1n) is 6.08. The van der Waals surface area contributed by atoms with Crippen LogP contribution < -0.4 is 10.1 Å². The Morgan fingerprint density at radius 1 is 1.50 bits per heavy atom. The Labute approximate surface area is 117 Å². The number of rotatable bonds is 4. The molecule has 100 valence electrons. The van der Waals surface area contributed by atoms with Crippen LogP contribution in [0.25, 0.3) is 0 Å². The second kappa shape index (κ2) is 6.48. The maximum absolute atomic E-state index is 6.09. The van der Waals surface area contributed by atoms with Crippen molar-refractivity contribution in [2.24, 2.45) is 0 Å². The first-order valence-corrected chi connectivity index (χ1v) is 7.75. The monoisotopic (exact) mass is 287 g/mol. The number of thioether (sulfide) groups is 1. The van der Waals surface area contributed by atoms with Gasteiger partial charge >= 0.3 is 6.01 Å². The van der Waals surface area contributed by atoms with Crippen molar-refractivity contribution in [2.75, 3.05) is 18.7 Å². The Kier molecular flexibility index (Phi) is 4.95. The SMILES string of the molecule is COc1ncc(Cl)c(NC2CCCC(SC)C2)n1. The van der Waals surface area contributed by atoms with E-state index in [9.17, 15) is 0 Å². The van der Waals surface area contributed by atoms with Crippen molar-refractivity contribution < 1.29 is 4.74 Å². The van der Waals surface area contributed by atoms with Crippen molar-refractivity contribution >= 4 is 29.2 Å². The van der Waals surface area contributed by atoms with Crippen LogP contribution in [0.5, 0.6) is 6.01 Å². The summed E-state index contributed by atoms with van der Waals surface area (Å²) in [4.78, 5) is 8.22. The van der Waals surface area contributed by atoms with Gasteiger partial charge in [-0.1, -0.05) is 18.0 Å². The summed E-state index contributed by atoms with van der Waals surface area (Å²) >= 11 is 8.04. The minimum absolute atomic E-state index is 0.346. The molecule has 0 bridgehead atoms. The first-order chi connectivity index (χ1) is 8.72. The summed E-state index contributed by atoms with van der Waals surface area (Å²) in [5, 5.41) is 4.69. The number of nitrogens with one attached hydrogen (secondary N) is 1. The molecule has 0 aliphatic heterocycles. The highest BCUT2D eigenvalue weighted by molar-refractivity contribution is 7.99. The van der Waals surface area contributed by atoms with Crippen LogP contribution in [0.1, 0.15) is 25.7 Å². The van der Waals surface area contributed by atoms with Crippen molar-refractivity contribution in [3.8, 4) is 6.01 Å². The molecule has 2 unspecified atom stereocenters. The lowest BCUT2D eigenvalue weighted by Crippen LogP contribution is -2.29. The van der Waals surface area contributed by atoms with Crippen LogP contribution in [0, 0.1) is 0 Å². The smallest absolute Gasteiger partial charge is 0.318 e. The third kappa shape index (κ3) is 3.42. The maximum atomic E-state index is 6.09. The van der Waals surface area contributed by atoms with Crippen LogP contribution >= 0.6 is 23.4 Å². The zero-order chi connectivity index (χ0) is 13.0. The van der Waals surface area contributed by atoms with E-state index in [1.807, 2.05) is 11.8 Å². The van der Waals surface area contributed by atoms with Crippen molar-refractivity contribution in [1.29, 1.82) is 0 Å². The minimum atomic E-state index is 0.346. The van der Waals surface area contributed by atoms with E-state index in [2.05, 4.69) is 21.5 Å². The van der Waals surface area contributed by atoms with Crippen molar-refractivity contribution in [1.82, 2.24) is 9.97 Å². The summed E-state index contributed by atoms with van der Waals surface area (Å²) in [7, 11) is 1.55. The zero-order valence-electron chi connectivity index (χ0n) is 10.6. The number of hydrogen-bond donors (Lipinski definition) is 1. The molecule has 1 saturated carbocycles. The molecule has 1 heterocycles. The van der Waals surface area contributed by atoms with Gasteiger partial charge in [0.15, 0.2) is 5.82 Å². The summed E-state index contributed by atoms with van der Waals surface area (Å²) in [6.07, 6.45) is 8.63. The number of nitrogens with zero attached hydrogens (tertiary/aromatic N) is 2. The van der Waals surface area contributed by atoms with Crippen molar-refractivity contribution in [2.45, 2.75) is 37.0 Å². The highest BCUT2D eigenvalue weighted by atomic mass is 35.5. The minimum Gasteiger partial charge on any atom is -0.467 e. The van der Waals surface area contributed by atoms with Crippen LogP contribution in [0.3, 0.4) is 0 Å². The third-order valence-electron chi connectivity index (χ3n) is 3.20. The highest BCUT2D eigenvalue weighted by Crippen LogP contribution is 2.30. The summed E-state index contributed by atoms with van der Waals surface area (Å²) in [5.74, 6) is 0.676. The van der Waals surface area contributed by atoms with Crippen LogP contribution in [0.4, 0.5) is 5.82 Å². The number of anilines is 1. The maximum Gasteiger partial charge on any atom is 0.318 e. The molecule has 0 aromatic carbocycles. The van der Waals surface area contributed by atoms with E-state index >= 15 is 0 Å². The van der Waals surface area contributed by atoms with Gasteiger partial charge in [-0.3, -0.25) is 0 Å². The van der Waals surface area contributed by atoms with Gasteiger partial charge in [-0.2, -0.15) is 16.7 Å². The van der Waals surface area contributed by atoms with Crippen LogP contribution in [-0.4, -0.2) is 34.6 Å². The number of aromatic nitrogens is 2. The predicted octanol–water partition coefficient (Wildman–Crippen LogP) is 3.22. The second-order valence-corrected chi connectivity index (χ2v) is 5.96. The molecule has 1 aliphatic rings. The molecule has 1 fully saturated rings. The van der Waals surface area contributed by atoms with Crippen LogP contribution in [-0.2, 0) is 0 Å². The molecule has 2 rings (SSSR count). The summed E-state index contributed by atoms with van der Waals surface area (Å²) in [6.45, 7) is 0. The summed E-state index contributed by atoms with van der Waals surface area (Å²) in [5.41, 5.74) is 0. The average Bonchev–Trinajstić information content (AvgIpc) is 2.41. The molecule has 1 N–H and O–H groups in total. The molecule has 0 radical (unpaired) electrons. The van der Waals surface area contributed by atoms with Gasteiger partial charge < -0.3 is 10.1 Å². The molecule has 1 aromatic rings. The Balaban J connectivity index is 2.04. The summed E-state index contributed by atoms with van der Waals surface area (Å²) < 4.78 is 5.02. The number of methoxy groups -OCH3 is 1. The van der Waals surface area contributed by atoms with E-state index in [-0.39, 0.29) is 0 Å². The Hall–Kier alpha value is -0.680. The zero-order valence-corrected chi connectivity index (χ0v) is 12.2. The number of halogens is 1. The van der Waals surface area contributed by atoms with Gasteiger partial charge in [0.05, 0.1) is 13.3 Å². The largest absolute Gasteiger partial charge is 0.467 e. The van der Waals surface area contributed by atoms with Gasteiger partial charge in [-0.05, 0) is 25.5 Å². The first kappa shape index (κ1) is 13.7. The van der Waals surface area contributed by atoms with Gasteiger partial charge in [0.2, 0.25) is 0 Å². The standard InChI is InChI=1S/C12H18ClN3OS/c1-17-12-14-7-10(13)11(16-12)15-8-4-3-5-9(6-8)18-2/h7-9H,3-6H2,1-2H3,(H,14,15,16). The molecule has 4 nitrogen and oxygen atoms in total. The Morgan fingerprint density at radius 3 is 3.06 bits per heavy atom. The van der Waals surface area contributed by atoms with E-state index in [0.717, 1.165) is 11.7 Å². The van der Waals surface area contributed by atoms with E-state index in [1.165, 1.54) is 19.3 Å². The van der Waals surface area contributed by atoms with Gasteiger partial charge in [0.25, 0.3) is 0 Å². The molecule has 18 heavy (non-hydrogen) atoms.